The van der Waals surface area contributed by atoms with Gasteiger partial charge in [-0.15, -0.1) is 10.2 Å². The van der Waals surface area contributed by atoms with Crippen LogP contribution >= 0.6 is 15.9 Å². The summed E-state index contributed by atoms with van der Waals surface area (Å²) in [7, 11) is 1.95. The fourth-order valence-electron chi connectivity index (χ4n) is 1.68. The molecule has 1 aromatic heterocycles. The Morgan fingerprint density at radius 2 is 2.18 bits per heavy atom. The molecule has 2 rings (SSSR count). The highest BCUT2D eigenvalue weighted by Gasteiger charge is 2.10. The third-order valence-corrected chi connectivity index (χ3v) is 3.46. The summed E-state index contributed by atoms with van der Waals surface area (Å²) in [6.07, 6.45) is 1.71. The summed E-state index contributed by atoms with van der Waals surface area (Å²) < 4.78 is 3.05. The number of nitrogens with zero attached hydrogens (tertiary/aromatic N) is 3. The summed E-state index contributed by atoms with van der Waals surface area (Å²) in [6.45, 7) is 2.89. The third kappa shape index (κ3) is 2.92. The molecule has 1 heterocycles. The first-order valence-corrected chi connectivity index (χ1v) is 6.28. The van der Waals surface area contributed by atoms with Gasteiger partial charge in [0.25, 0.3) is 0 Å². The molecule has 2 aromatic rings. The maximum atomic E-state index is 4.09. The van der Waals surface area contributed by atoms with Crippen LogP contribution in [0, 0.1) is 0 Å². The monoisotopic (exact) mass is 294 g/mol. The molecule has 4 nitrogen and oxygen atoms in total. The van der Waals surface area contributed by atoms with E-state index in [4.69, 9.17) is 0 Å². The molecule has 5 heteroatoms. The number of halogens is 1. The van der Waals surface area contributed by atoms with Gasteiger partial charge in [-0.25, -0.2) is 0 Å². The summed E-state index contributed by atoms with van der Waals surface area (Å²) in [5, 5.41) is 11.4. The number of benzene rings is 1. The average Bonchev–Trinajstić information content (AvgIpc) is 2.74. The van der Waals surface area contributed by atoms with Crippen molar-refractivity contribution in [2.45, 2.75) is 19.5 Å². The van der Waals surface area contributed by atoms with E-state index < -0.39 is 0 Å². The Bertz CT molecular complexity index is 495. The Kier molecular flexibility index (Phi) is 3.91. The molecule has 0 aliphatic heterocycles. The van der Waals surface area contributed by atoms with Crippen molar-refractivity contribution in [3.63, 3.8) is 0 Å². The predicted octanol–water partition coefficient (Wildman–Crippen LogP) is 2.43. The largest absolute Gasteiger partial charge is 0.319 e. The molecular weight excluding hydrogens is 280 g/mol. The number of rotatable bonds is 4. The summed E-state index contributed by atoms with van der Waals surface area (Å²) >= 11 is 3.54. The van der Waals surface area contributed by atoms with Crippen LogP contribution in [0.4, 0.5) is 0 Å². The van der Waals surface area contributed by atoms with E-state index in [-0.39, 0.29) is 6.04 Å². The van der Waals surface area contributed by atoms with Gasteiger partial charge in [-0.3, -0.25) is 0 Å². The zero-order valence-corrected chi connectivity index (χ0v) is 11.5. The molecule has 1 N–H and O–H groups in total. The molecule has 0 radical (unpaired) electrons. The predicted molar refractivity (Wildman–Crippen MR) is 70.4 cm³/mol. The molecule has 90 valence electrons. The van der Waals surface area contributed by atoms with Crippen molar-refractivity contribution in [1.29, 1.82) is 0 Å². The van der Waals surface area contributed by atoms with E-state index in [1.807, 2.05) is 29.8 Å². The number of hydrogen-bond acceptors (Lipinski definition) is 3. The van der Waals surface area contributed by atoms with Crippen LogP contribution in [0.25, 0.3) is 0 Å². The van der Waals surface area contributed by atoms with E-state index in [2.05, 4.69) is 44.4 Å². The smallest absolute Gasteiger partial charge is 0.149 e. The quantitative estimate of drug-likeness (QED) is 0.942. The zero-order chi connectivity index (χ0) is 12.3. The van der Waals surface area contributed by atoms with Crippen LogP contribution in [0.3, 0.4) is 0 Å². The Morgan fingerprint density at radius 1 is 1.41 bits per heavy atom. The van der Waals surface area contributed by atoms with Gasteiger partial charge < -0.3 is 9.88 Å². The van der Waals surface area contributed by atoms with E-state index >= 15 is 0 Å². The maximum absolute atomic E-state index is 4.09. The highest BCUT2D eigenvalue weighted by atomic mass is 79.9. The highest BCUT2D eigenvalue weighted by molar-refractivity contribution is 9.10. The van der Waals surface area contributed by atoms with Crippen LogP contribution in [0.5, 0.6) is 0 Å². The number of aryl methyl sites for hydroxylation is 1. The van der Waals surface area contributed by atoms with Crippen LogP contribution < -0.4 is 5.32 Å². The zero-order valence-electron chi connectivity index (χ0n) is 9.89. The van der Waals surface area contributed by atoms with Crippen LogP contribution in [-0.4, -0.2) is 14.8 Å². The lowest BCUT2D eigenvalue weighted by atomic mass is 10.2. The van der Waals surface area contributed by atoms with Crippen LogP contribution in [0.15, 0.2) is 35.1 Å². The fourth-order valence-corrected chi connectivity index (χ4v) is 2.11. The molecule has 0 saturated carbocycles. The second kappa shape index (κ2) is 5.42. The molecule has 0 aliphatic carbocycles. The molecular formula is C12H15BrN4. The molecule has 0 bridgehead atoms. The lowest BCUT2D eigenvalue weighted by Gasteiger charge is -2.13. The summed E-state index contributed by atoms with van der Waals surface area (Å²) in [6, 6.07) is 8.37. The molecule has 0 aliphatic rings. The first-order valence-electron chi connectivity index (χ1n) is 5.49. The molecule has 1 unspecified atom stereocenters. The topological polar surface area (TPSA) is 42.7 Å². The summed E-state index contributed by atoms with van der Waals surface area (Å²) in [5.74, 6) is 0.942. The van der Waals surface area contributed by atoms with E-state index in [0.717, 1.165) is 16.8 Å². The fraction of sp³-hybridized carbons (Fsp3) is 0.333. The van der Waals surface area contributed by atoms with Gasteiger partial charge >= 0.3 is 0 Å². The van der Waals surface area contributed by atoms with Gasteiger partial charge in [0, 0.05) is 18.1 Å². The van der Waals surface area contributed by atoms with Gasteiger partial charge in [-0.05, 0) is 18.6 Å². The van der Waals surface area contributed by atoms with Crippen molar-refractivity contribution in [2.75, 3.05) is 0 Å². The Hall–Kier alpha value is -1.20. The maximum Gasteiger partial charge on any atom is 0.149 e. The molecule has 0 fully saturated rings. The number of hydrogen-bond donors (Lipinski definition) is 1. The lowest BCUT2D eigenvalue weighted by Crippen LogP contribution is -2.21. The third-order valence-electron chi connectivity index (χ3n) is 2.69. The summed E-state index contributed by atoms with van der Waals surface area (Å²) in [4.78, 5) is 0. The van der Waals surface area contributed by atoms with E-state index in [1.165, 1.54) is 5.56 Å². The minimum absolute atomic E-state index is 0.176. The molecule has 1 aromatic carbocycles. The van der Waals surface area contributed by atoms with Crippen molar-refractivity contribution >= 4 is 15.9 Å². The van der Waals surface area contributed by atoms with Gasteiger partial charge in [-0.1, -0.05) is 34.1 Å². The molecule has 1 atom stereocenters. The molecule has 17 heavy (non-hydrogen) atoms. The molecule has 0 spiro atoms. The van der Waals surface area contributed by atoms with Crippen molar-refractivity contribution in [2.24, 2.45) is 7.05 Å². The first-order chi connectivity index (χ1) is 8.18. The van der Waals surface area contributed by atoms with Crippen LogP contribution in [-0.2, 0) is 13.6 Å². The Morgan fingerprint density at radius 3 is 2.82 bits per heavy atom. The molecule has 0 amide bonds. The van der Waals surface area contributed by atoms with E-state index in [1.54, 1.807) is 6.33 Å². The van der Waals surface area contributed by atoms with Gasteiger partial charge in [0.2, 0.25) is 0 Å². The second-order valence-electron chi connectivity index (χ2n) is 3.99. The SMILES string of the molecule is CC(NCc1ccccc1Br)c1nncn1C. The minimum Gasteiger partial charge on any atom is -0.319 e. The minimum atomic E-state index is 0.176. The molecule has 0 saturated heterocycles. The van der Waals surface area contributed by atoms with Gasteiger partial charge in [-0.2, -0.15) is 0 Å². The lowest BCUT2D eigenvalue weighted by molar-refractivity contribution is 0.528. The second-order valence-corrected chi connectivity index (χ2v) is 4.85. The van der Waals surface area contributed by atoms with E-state index in [0.29, 0.717) is 0 Å². The first kappa shape index (κ1) is 12.3. The average molecular weight is 295 g/mol. The van der Waals surface area contributed by atoms with Crippen molar-refractivity contribution in [3.8, 4) is 0 Å². The van der Waals surface area contributed by atoms with Crippen LogP contribution in [0.1, 0.15) is 24.4 Å². The van der Waals surface area contributed by atoms with Crippen molar-refractivity contribution < 1.29 is 0 Å². The van der Waals surface area contributed by atoms with Crippen molar-refractivity contribution in [1.82, 2.24) is 20.1 Å². The summed E-state index contributed by atoms with van der Waals surface area (Å²) in [5.41, 5.74) is 1.24. The van der Waals surface area contributed by atoms with E-state index in [9.17, 15) is 0 Å². The van der Waals surface area contributed by atoms with Crippen molar-refractivity contribution in [3.05, 3.63) is 46.5 Å². The van der Waals surface area contributed by atoms with Gasteiger partial charge in [0.1, 0.15) is 12.2 Å². The number of nitrogens with one attached hydrogen (secondary N) is 1. The Balaban J connectivity index is 2.00. The Labute approximate surface area is 109 Å². The van der Waals surface area contributed by atoms with Gasteiger partial charge in [0.05, 0.1) is 6.04 Å². The standard InChI is InChI=1S/C12H15BrN4/c1-9(12-16-15-8-17(12)2)14-7-10-5-3-4-6-11(10)13/h3-6,8-9,14H,7H2,1-2H3. The highest BCUT2D eigenvalue weighted by Crippen LogP contribution is 2.17. The van der Waals surface area contributed by atoms with Crippen LogP contribution in [0.2, 0.25) is 0 Å². The van der Waals surface area contributed by atoms with Gasteiger partial charge in [0.15, 0.2) is 0 Å². The normalized spacial score (nSPS) is 12.6. The number of aromatic nitrogens is 3.